The first kappa shape index (κ1) is 14.1. The van der Waals surface area contributed by atoms with Gasteiger partial charge >= 0.3 is 5.97 Å². The summed E-state index contributed by atoms with van der Waals surface area (Å²) >= 11 is 0. The van der Waals surface area contributed by atoms with Gasteiger partial charge in [-0.15, -0.1) is 5.10 Å². The number of pyridine rings is 1. The Morgan fingerprint density at radius 3 is 2.85 bits per heavy atom. The van der Waals surface area contributed by atoms with Crippen molar-refractivity contribution in [1.29, 1.82) is 0 Å². The largest absolute Gasteiger partial charge is 0.481 e. The molecule has 20 heavy (non-hydrogen) atoms. The summed E-state index contributed by atoms with van der Waals surface area (Å²) in [4.78, 5) is 15.6. The number of nitrogens with zero attached hydrogens (tertiary/aromatic N) is 5. The molecule has 2 rings (SSSR count). The lowest BCUT2D eigenvalue weighted by Gasteiger charge is -2.22. The van der Waals surface area contributed by atoms with Crippen LogP contribution in [0.15, 0.2) is 18.3 Å². The summed E-state index contributed by atoms with van der Waals surface area (Å²) in [5.74, 6) is -0.319. The second-order valence-corrected chi connectivity index (χ2v) is 5.02. The fourth-order valence-electron chi connectivity index (χ4n) is 1.89. The molecule has 0 aromatic carbocycles. The Bertz CT molecular complexity index is 625. The highest BCUT2D eigenvalue weighted by Crippen LogP contribution is 2.26. The zero-order chi connectivity index (χ0) is 14.8. The van der Waals surface area contributed by atoms with E-state index in [0.717, 1.165) is 11.3 Å². The van der Waals surface area contributed by atoms with Gasteiger partial charge in [-0.3, -0.25) is 9.78 Å². The van der Waals surface area contributed by atoms with Gasteiger partial charge in [-0.05, 0) is 42.8 Å². The molecular formula is C13H17N5O2. The Labute approximate surface area is 116 Å². The molecule has 0 fully saturated rings. The molecule has 0 aliphatic heterocycles. The number of rotatable bonds is 5. The van der Waals surface area contributed by atoms with Gasteiger partial charge in [0.25, 0.3) is 0 Å². The Morgan fingerprint density at radius 2 is 2.25 bits per heavy atom. The van der Waals surface area contributed by atoms with Crippen LogP contribution >= 0.6 is 0 Å². The van der Waals surface area contributed by atoms with Crippen LogP contribution in [-0.2, 0) is 11.3 Å². The second-order valence-electron chi connectivity index (χ2n) is 5.02. The zero-order valence-corrected chi connectivity index (χ0v) is 11.7. The lowest BCUT2D eigenvalue weighted by Crippen LogP contribution is -2.32. The SMILES string of the molecule is CCC(C)(Cn1nnnc1-c1cccnc1C)C(=O)O. The number of aliphatic carboxylic acids is 1. The molecule has 2 heterocycles. The van der Waals surface area contributed by atoms with Gasteiger partial charge in [-0.1, -0.05) is 6.92 Å². The molecule has 2 aromatic heterocycles. The standard InChI is InChI=1S/C13H17N5O2/c1-4-13(3,12(19)20)8-18-11(15-16-17-18)10-6-5-7-14-9(10)2/h5-7H,4,8H2,1-3H3,(H,19,20). The van der Waals surface area contributed by atoms with E-state index in [1.807, 2.05) is 19.9 Å². The van der Waals surface area contributed by atoms with Gasteiger partial charge in [-0.2, -0.15) is 0 Å². The van der Waals surface area contributed by atoms with Crippen molar-refractivity contribution in [3.05, 3.63) is 24.0 Å². The molecule has 1 N–H and O–H groups in total. The summed E-state index contributed by atoms with van der Waals surface area (Å²) in [6, 6.07) is 3.67. The first-order valence-electron chi connectivity index (χ1n) is 6.39. The van der Waals surface area contributed by atoms with Gasteiger partial charge in [0.15, 0.2) is 5.82 Å². The molecule has 0 aliphatic carbocycles. The van der Waals surface area contributed by atoms with Crippen molar-refractivity contribution in [1.82, 2.24) is 25.2 Å². The summed E-state index contributed by atoms with van der Waals surface area (Å²) in [6.07, 6.45) is 2.19. The van der Waals surface area contributed by atoms with Crippen LogP contribution in [0.2, 0.25) is 0 Å². The van der Waals surface area contributed by atoms with Crippen molar-refractivity contribution in [2.75, 3.05) is 0 Å². The van der Waals surface area contributed by atoms with Crippen LogP contribution in [0.3, 0.4) is 0 Å². The minimum absolute atomic E-state index is 0.218. The molecule has 0 bridgehead atoms. The van der Waals surface area contributed by atoms with E-state index in [1.54, 1.807) is 19.2 Å². The number of aryl methyl sites for hydroxylation is 1. The normalized spacial score (nSPS) is 13.9. The number of hydrogen-bond donors (Lipinski definition) is 1. The average molecular weight is 275 g/mol. The summed E-state index contributed by atoms with van der Waals surface area (Å²) in [6.45, 7) is 5.62. The third-order valence-electron chi connectivity index (χ3n) is 3.58. The maximum Gasteiger partial charge on any atom is 0.311 e. The maximum atomic E-state index is 11.4. The summed E-state index contributed by atoms with van der Waals surface area (Å²) in [5, 5.41) is 20.9. The molecule has 106 valence electrons. The molecule has 0 saturated heterocycles. The number of tetrazole rings is 1. The minimum Gasteiger partial charge on any atom is -0.481 e. The Kier molecular flexibility index (Phi) is 3.78. The molecule has 1 unspecified atom stereocenters. The molecule has 7 nitrogen and oxygen atoms in total. The number of carbonyl (C=O) groups is 1. The van der Waals surface area contributed by atoms with Crippen molar-refractivity contribution in [2.24, 2.45) is 5.41 Å². The number of carboxylic acids is 1. The van der Waals surface area contributed by atoms with Crippen LogP contribution in [0.5, 0.6) is 0 Å². The third kappa shape index (κ3) is 2.52. The highest BCUT2D eigenvalue weighted by molar-refractivity contribution is 5.74. The molecule has 0 spiro atoms. The van der Waals surface area contributed by atoms with Crippen LogP contribution in [0.4, 0.5) is 0 Å². The summed E-state index contributed by atoms with van der Waals surface area (Å²) < 4.78 is 1.53. The van der Waals surface area contributed by atoms with Gasteiger partial charge in [0.2, 0.25) is 0 Å². The minimum atomic E-state index is -0.903. The van der Waals surface area contributed by atoms with Crippen LogP contribution in [0.1, 0.15) is 26.0 Å². The molecule has 7 heteroatoms. The van der Waals surface area contributed by atoms with Crippen LogP contribution < -0.4 is 0 Å². The first-order valence-corrected chi connectivity index (χ1v) is 6.39. The van der Waals surface area contributed by atoms with Gasteiger partial charge in [0, 0.05) is 17.5 Å². The van der Waals surface area contributed by atoms with Crippen LogP contribution in [0, 0.1) is 12.3 Å². The van der Waals surface area contributed by atoms with Gasteiger partial charge in [0.05, 0.1) is 12.0 Å². The number of carboxylic acid groups (broad SMARTS) is 1. The smallest absolute Gasteiger partial charge is 0.311 e. The second kappa shape index (κ2) is 5.36. The van der Waals surface area contributed by atoms with Crippen LogP contribution in [0.25, 0.3) is 11.4 Å². The van der Waals surface area contributed by atoms with E-state index >= 15 is 0 Å². The van der Waals surface area contributed by atoms with Crippen LogP contribution in [-0.4, -0.2) is 36.3 Å². The molecule has 0 radical (unpaired) electrons. The number of hydrogen-bond acceptors (Lipinski definition) is 5. The third-order valence-corrected chi connectivity index (χ3v) is 3.58. The molecule has 0 aliphatic rings. The Hall–Kier alpha value is -2.31. The van der Waals surface area contributed by atoms with Gasteiger partial charge < -0.3 is 5.11 Å². The zero-order valence-electron chi connectivity index (χ0n) is 11.7. The van der Waals surface area contributed by atoms with E-state index in [9.17, 15) is 9.90 Å². The quantitative estimate of drug-likeness (QED) is 0.889. The lowest BCUT2D eigenvalue weighted by atomic mass is 9.88. The van der Waals surface area contributed by atoms with Crippen molar-refractivity contribution < 1.29 is 9.90 Å². The van der Waals surface area contributed by atoms with Crippen molar-refractivity contribution in [2.45, 2.75) is 33.7 Å². The predicted molar refractivity (Wildman–Crippen MR) is 71.8 cm³/mol. The first-order chi connectivity index (χ1) is 9.48. The number of aromatic nitrogens is 5. The Morgan fingerprint density at radius 1 is 1.50 bits per heavy atom. The van der Waals surface area contributed by atoms with E-state index in [2.05, 4.69) is 20.5 Å². The van der Waals surface area contributed by atoms with Gasteiger partial charge in [0.1, 0.15) is 0 Å². The molecule has 1 atom stereocenters. The average Bonchev–Trinajstić information content (AvgIpc) is 2.86. The summed E-state index contributed by atoms with van der Waals surface area (Å²) in [5.41, 5.74) is 0.707. The highest BCUT2D eigenvalue weighted by Gasteiger charge is 2.33. The van der Waals surface area contributed by atoms with E-state index in [0.29, 0.717) is 12.2 Å². The molecule has 2 aromatic rings. The maximum absolute atomic E-state index is 11.4. The van der Waals surface area contributed by atoms with Crippen molar-refractivity contribution in [3.63, 3.8) is 0 Å². The van der Waals surface area contributed by atoms with Crippen molar-refractivity contribution >= 4 is 5.97 Å². The van der Waals surface area contributed by atoms with Gasteiger partial charge in [-0.25, -0.2) is 4.68 Å². The monoisotopic (exact) mass is 275 g/mol. The predicted octanol–water partition coefficient (Wildman–Crippen LogP) is 1.54. The fourth-order valence-corrected chi connectivity index (χ4v) is 1.89. The molecular weight excluding hydrogens is 258 g/mol. The van der Waals surface area contributed by atoms with E-state index in [-0.39, 0.29) is 6.54 Å². The van der Waals surface area contributed by atoms with E-state index in [1.165, 1.54) is 4.68 Å². The Balaban J connectivity index is 2.40. The van der Waals surface area contributed by atoms with Crippen molar-refractivity contribution in [3.8, 4) is 11.4 Å². The molecule has 0 amide bonds. The van der Waals surface area contributed by atoms with E-state index < -0.39 is 11.4 Å². The fraction of sp³-hybridized carbons (Fsp3) is 0.462. The lowest BCUT2D eigenvalue weighted by molar-refractivity contribution is -0.149. The molecule has 0 saturated carbocycles. The highest BCUT2D eigenvalue weighted by atomic mass is 16.4. The summed E-state index contributed by atoms with van der Waals surface area (Å²) in [7, 11) is 0. The topological polar surface area (TPSA) is 93.8 Å². The van der Waals surface area contributed by atoms with E-state index in [4.69, 9.17) is 0 Å².